The van der Waals surface area contributed by atoms with Crippen molar-refractivity contribution in [1.82, 2.24) is 9.80 Å². The molecule has 3 aromatic carbocycles. The maximum absolute atomic E-state index is 5.55. The van der Waals surface area contributed by atoms with Crippen molar-refractivity contribution in [3.05, 3.63) is 71.8 Å². The molecule has 0 bridgehead atoms. The van der Waals surface area contributed by atoms with Crippen molar-refractivity contribution in [1.29, 1.82) is 0 Å². The summed E-state index contributed by atoms with van der Waals surface area (Å²) in [5.74, 6) is 1.73. The van der Waals surface area contributed by atoms with E-state index in [9.17, 15) is 0 Å². The molecule has 0 aliphatic carbocycles. The van der Waals surface area contributed by atoms with E-state index in [4.69, 9.17) is 9.47 Å². The SMILES string of the molecule is COc1ccc(CN2CCN(Cc3ccc4ccccc4c3)CC2)c(OC)c1. The van der Waals surface area contributed by atoms with Gasteiger partial charge in [0, 0.05) is 50.9 Å². The summed E-state index contributed by atoms with van der Waals surface area (Å²) in [5, 5.41) is 2.63. The number of fused-ring (bicyclic) bond motifs is 1. The average Bonchev–Trinajstić information content (AvgIpc) is 2.75. The Bertz CT molecular complexity index is 933. The number of benzene rings is 3. The van der Waals surface area contributed by atoms with Gasteiger partial charge in [0.15, 0.2) is 0 Å². The summed E-state index contributed by atoms with van der Waals surface area (Å²) in [6.45, 7) is 6.25. The van der Waals surface area contributed by atoms with Crippen LogP contribution in [0.4, 0.5) is 0 Å². The van der Waals surface area contributed by atoms with E-state index in [0.717, 1.165) is 50.8 Å². The molecule has 0 saturated carbocycles. The molecule has 1 saturated heterocycles. The summed E-state index contributed by atoms with van der Waals surface area (Å²) < 4.78 is 10.8. The van der Waals surface area contributed by atoms with Crippen LogP contribution in [-0.2, 0) is 13.1 Å². The third kappa shape index (κ3) is 4.29. The summed E-state index contributed by atoms with van der Waals surface area (Å²) in [4.78, 5) is 5.05. The van der Waals surface area contributed by atoms with Gasteiger partial charge in [-0.2, -0.15) is 0 Å². The summed E-state index contributed by atoms with van der Waals surface area (Å²) in [7, 11) is 3.41. The molecule has 146 valence electrons. The first-order valence-electron chi connectivity index (χ1n) is 9.88. The van der Waals surface area contributed by atoms with Gasteiger partial charge in [-0.1, -0.05) is 42.5 Å². The monoisotopic (exact) mass is 376 g/mol. The third-order valence-electron chi connectivity index (χ3n) is 5.57. The molecule has 0 N–H and O–H groups in total. The van der Waals surface area contributed by atoms with Gasteiger partial charge in [0.25, 0.3) is 0 Å². The highest BCUT2D eigenvalue weighted by molar-refractivity contribution is 5.82. The van der Waals surface area contributed by atoms with Crippen molar-refractivity contribution >= 4 is 10.8 Å². The van der Waals surface area contributed by atoms with Gasteiger partial charge in [-0.3, -0.25) is 9.80 Å². The second-order valence-electron chi connectivity index (χ2n) is 7.41. The first kappa shape index (κ1) is 18.8. The third-order valence-corrected chi connectivity index (χ3v) is 5.57. The zero-order chi connectivity index (χ0) is 19.3. The molecule has 4 nitrogen and oxygen atoms in total. The molecule has 0 aromatic heterocycles. The molecule has 0 atom stereocenters. The maximum Gasteiger partial charge on any atom is 0.127 e. The first-order chi connectivity index (χ1) is 13.7. The van der Waals surface area contributed by atoms with E-state index in [2.05, 4.69) is 58.3 Å². The highest BCUT2D eigenvalue weighted by Gasteiger charge is 2.18. The molecule has 0 unspecified atom stereocenters. The van der Waals surface area contributed by atoms with Crippen molar-refractivity contribution < 1.29 is 9.47 Å². The van der Waals surface area contributed by atoms with Crippen LogP contribution in [0.25, 0.3) is 10.8 Å². The molecule has 1 fully saturated rings. The molecule has 1 heterocycles. The van der Waals surface area contributed by atoms with Crippen LogP contribution >= 0.6 is 0 Å². The predicted molar refractivity (Wildman–Crippen MR) is 114 cm³/mol. The van der Waals surface area contributed by atoms with Gasteiger partial charge >= 0.3 is 0 Å². The van der Waals surface area contributed by atoms with Crippen LogP contribution in [0.2, 0.25) is 0 Å². The molecule has 0 radical (unpaired) electrons. The maximum atomic E-state index is 5.55. The lowest BCUT2D eigenvalue weighted by molar-refractivity contribution is 0.121. The zero-order valence-corrected chi connectivity index (χ0v) is 16.7. The lowest BCUT2D eigenvalue weighted by Crippen LogP contribution is -2.45. The molecule has 1 aliphatic heterocycles. The number of methoxy groups -OCH3 is 2. The molecule has 3 aromatic rings. The number of piperazine rings is 1. The fourth-order valence-electron chi connectivity index (χ4n) is 3.92. The van der Waals surface area contributed by atoms with Gasteiger partial charge < -0.3 is 9.47 Å². The van der Waals surface area contributed by atoms with Gasteiger partial charge in [0.1, 0.15) is 11.5 Å². The van der Waals surface area contributed by atoms with Crippen molar-refractivity contribution in [2.24, 2.45) is 0 Å². The summed E-state index contributed by atoms with van der Waals surface area (Å²) in [6.07, 6.45) is 0. The Morgan fingerprint density at radius 3 is 2.14 bits per heavy atom. The Balaban J connectivity index is 1.34. The number of hydrogen-bond donors (Lipinski definition) is 0. The lowest BCUT2D eigenvalue weighted by Gasteiger charge is -2.35. The number of hydrogen-bond acceptors (Lipinski definition) is 4. The molecule has 4 rings (SSSR count). The molecule has 1 aliphatic rings. The standard InChI is InChI=1S/C24H28N2O2/c1-27-23-10-9-22(24(16-23)28-2)18-26-13-11-25(12-14-26)17-19-7-8-20-5-3-4-6-21(20)15-19/h3-10,15-16H,11-14,17-18H2,1-2H3. The second kappa shape index (κ2) is 8.63. The van der Waals surface area contributed by atoms with Crippen LogP contribution in [0.15, 0.2) is 60.7 Å². The van der Waals surface area contributed by atoms with Crippen LogP contribution in [-0.4, -0.2) is 50.2 Å². The number of nitrogens with zero attached hydrogens (tertiary/aromatic N) is 2. The second-order valence-corrected chi connectivity index (χ2v) is 7.41. The smallest absolute Gasteiger partial charge is 0.127 e. The fourth-order valence-corrected chi connectivity index (χ4v) is 3.92. The molecule has 0 amide bonds. The number of rotatable bonds is 6. The minimum absolute atomic E-state index is 0.834. The molecular weight excluding hydrogens is 348 g/mol. The van der Waals surface area contributed by atoms with Gasteiger partial charge in [0.2, 0.25) is 0 Å². The van der Waals surface area contributed by atoms with Crippen LogP contribution in [0.3, 0.4) is 0 Å². The van der Waals surface area contributed by atoms with Crippen molar-refractivity contribution in [2.45, 2.75) is 13.1 Å². The number of ether oxygens (including phenoxy) is 2. The van der Waals surface area contributed by atoms with E-state index in [1.807, 2.05) is 12.1 Å². The van der Waals surface area contributed by atoms with E-state index >= 15 is 0 Å². The lowest BCUT2D eigenvalue weighted by atomic mass is 10.1. The van der Waals surface area contributed by atoms with E-state index in [-0.39, 0.29) is 0 Å². The molecule has 4 heteroatoms. The summed E-state index contributed by atoms with van der Waals surface area (Å²) >= 11 is 0. The van der Waals surface area contributed by atoms with Crippen LogP contribution in [0.1, 0.15) is 11.1 Å². The Labute approximate surface area is 167 Å². The summed E-state index contributed by atoms with van der Waals surface area (Å²) in [6, 6.07) is 21.5. The van der Waals surface area contributed by atoms with Crippen LogP contribution in [0, 0.1) is 0 Å². The van der Waals surface area contributed by atoms with Crippen molar-refractivity contribution in [3.8, 4) is 11.5 Å². The van der Waals surface area contributed by atoms with Crippen LogP contribution in [0.5, 0.6) is 11.5 Å². The van der Waals surface area contributed by atoms with Gasteiger partial charge in [-0.25, -0.2) is 0 Å². The predicted octanol–water partition coefficient (Wildman–Crippen LogP) is 4.17. The quantitative estimate of drug-likeness (QED) is 0.644. The first-order valence-corrected chi connectivity index (χ1v) is 9.88. The Kier molecular flexibility index (Phi) is 5.79. The highest BCUT2D eigenvalue weighted by atomic mass is 16.5. The minimum atomic E-state index is 0.834. The van der Waals surface area contributed by atoms with Gasteiger partial charge in [-0.15, -0.1) is 0 Å². The van der Waals surface area contributed by atoms with Gasteiger partial charge in [-0.05, 0) is 28.5 Å². The Morgan fingerprint density at radius 2 is 1.43 bits per heavy atom. The van der Waals surface area contributed by atoms with E-state index in [0.29, 0.717) is 0 Å². The van der Waals surface area contributed by atoms with E-state index in [1.165, 1.54) is 21.9 Å². The average molecular weight is 377 g/mol. The van der Waals surface area contributed by atoms with Crippen molar-refractivity contribution in [3.63, 3.8) is 0 Å². The molecular formula is C24H28N2O2. The van der Waals surface area contributed by atoms with E-state index in [1.54, 1.807) is 14.2 Å². The fraction of sp³-hybridized carbons (Fsp3) is 0.333. The largest absolute Gasteiger partial charge is 0.497 e. The molecule has 28 heavy (non-hydrogen) atoms. The minimum Gasteiger partial charge on any atom is -0.497 e. The Morgan fingerprint density at radius 1 is 0.714 bits per heavy atom. The van der Waals surface area contributed by atoms with Crippen LogP contribution < -0.4 is 9.47 Å². The van der Waals surface area contributed by atoms with Gasteiger partial charge in [0.05, 0.1) is 14.2 Å². The highest BCUT2D eigenvalue weighted by Crippen LogP contribution is 2.26. The van der Waals surface area contributed by atoms with E-state index < -0.39 is 0 Å². The van der Waals surface area contributed by atoms with Crippen molar-refractivity contribution in [2.75, 3.05) is 40.4 Å². The zero-order valence-electron chi connectivity index (χ0n) is 16.7. The normalized spacial score (nSPS) is 15.6. The topological polar surface area (TPSA) is 24.9 Å². The Hall–Kier alpha value is -2.56. The summed E-state index contributed by atoms with van der Waals surface area (Å²) in [5.41, 5.74) is 2.61. The molecule has 0 spiro atoms.